The summed E-state index contributed by atoms with van der Waals surface area (Å²) in [6.07, 6.45) is 77.2. The number of ether oxygens (including phenoxy) is 4. The number of benzene rings is 2. The average Bonchev–Trinajstić information content (AvgIpc) is 0.800. The van der Waals surface area contributed by atoms with E-state index < -0.39 is 11.3 Å². The van der Waals surface area contributed by atoms with Gasteiger partial charge in [-0.25, -0.2) is 9.59 Å². The molecule has 0 amide bonds. The highest BCUT2D eigenvalue weighted by atomic mass is 16.6. The third-order valence-corrected chi connectivity index (χ3v) is 20.5. The molecule has 2 aromatic heterocycles. The first-order valence-electron chi connectivity index (χ1n) is 43.5. The van der Waals surface area contributed by atoms with Gasteiger partial charge >= 0.3 is 35.1 Å². The fourth-order valence-electron chi connectivity index (χ4n) is 14.0. The van der Waals surface area contributed by atoms with Gasteiger partial charge < -0.3 is 27.8 Å². The van der Waals surface area contributed by atoms with Crippen LogP contribution in [0.1, 0.15) is 444 Å². The van der Waals surface area contributed by atoms with E-state index in [-0.39, 0.29) is 46.9 Å². The highest BCUT2D eigenvalue weighted by Crippen LogP contribution is 2.36. The van der Waals surface area contributed by atoms with Gasteiger partial charge in [0.2, 0.25) is 0 Å². The molecule has 0 radical (unpaired) electrons. The Labute approximate surface area is 627 Å². The number of hydrogen-bond donors (Lipinski definition) is 0. The molecular formula is C91H150O12. The molecule has 0 aliphatic rings. The molecule has 0 N–H and O–H groups in total. The molecule has 0 aliphatic carbocycles. The first-order valence-corrected chi connectivity index (χ1v) is 43.5. The van der Waals surface area contributed by atoms with E-state index in [4.69, 9.17) is 27.8 Å². The Morgan fingerprint density at radius 1 is 0.252 bits per heavy atom. The van der Waals surface area contributed by atoms with Crippen molar-refractivity contribution in [2.45, 2.75) is 446 Å². The highest BCUT2D eigenvalue weighted by molar-refractivity contribution is 5.87. The predicted octanol–water partition coefficient (Wildman–Crippen LogP) is 28.6. The molecule has 0 saturated heterocycles. The standard InChI is InChI=1S/C46H76O6.C45H74O6/c1-4-6-8-10-12-14-16-18-20-22-24-26-28-30-32-34-44(47)51-42-37-40-39(3)36-46(49)50-41(40)38-43(42)52-45(48)35-33-31-29-27-25-23-21-19-17-15-13-11-9-7-5-2;1-3-5-7-9-11-13-15-17-19-21-23-25-27-29-31-33-43(46)50-41-37-39-35-36-45(48)49-40(39)38-42(41)51-44(47)34-32-30-28-26-24-22-20-18-16-14-12-10-8-6-4-2/h36-38H,4-35H2,1-3H3;35-38H,3-34H2,1-2H3. The normalized spacial score (nSPS) is 11.3. The van der Waals surface area contributed by atoms with Crippen molar-refractivity contribution in [2.75, 3.05) is 0 Å². The van der Waals surface area contributed by atoms with E-state index >= 15 is 0 Å². The summed E-state index contributed by atoms with van der Waals surface area (Å²) >= 11 is 0. The molecule has 12 nitrogen and oxygen atoms in total. The Bertz CT molecular complexity index is 2860. The van der Waals surface area contributed by atoms with E-state index in [2.05, 4.69) is 27.7 Å². The van der Waals surface area contributed by atoms with Gasteiger partial charge in [-0.1, -0.05) is 387 Å². The number of hydrogen-bond acceptors (Lipinski definition) is 12. The second kappa shape index (κ2) is 65.1. The molecule has 4 aromatic rings. The van der Waals surface area contributed by atoms with Crippen molar-refractivity contribution in [1.29, 1.82) is 0 Å². The van der Waals surface area contributed by atoms with Gasteiger partial charge in [-0.15, -0.1) is 0 Å². The lowest BCUT2D eigenvalue weighted by molar-refractivity contribution is -0.137. The first kappa shape index (κ1) is 91.9. The lowest BCUT2D eigenvalue weighted by atomic mass is 10.0. The first-order chi connectivity index (χ1) is 50.5. The van der Waals surface area contributed by atoms with E-state index in [1.54, 1.807) is 18.2 Å². The Balaban J connectivity index is 0.000000535. The van der Waals surface area contributed by atoms with Crippen LogP contribution in [0, 0.1) is 6.92 Å². The van der Waals surface area contributed by atoms with E-state index in [9.17, 15) is 28.8 Å². The number of unbranched alkanes of at least 4 members (excludes halogenated alkanes) is 56. The summed E-state index contributed by atoms with van der Waals surface area (Å²) in [6.45, 7) is 10.9. The van der Waals surface area contributed by atoms with Crippen LogP contribution in [0.2, 0.25) is 0 Å². The van der Waals surface area contributed by atoms with Gasteiger partial charge in [0.15, 0.2) is 23.0 Å². The topological polar surface area (TPSA) is 166 Å². The molecule has 103 heavy (non-hydrogen) atoms. The van der Waals surface area contributed by atoms with Crippen LogP contribution in [-0.4, -0.2) is 23.9 Å². The fraction of sp³-hybridized carbons (Fsp3) is 0.758. The van der Waals surface area contributed by atoms with Gasteiger partial charge in [-0.05, 0) is 56.4 Å². The van der Waals surface area contributed by atoms with Crippen LogP contribution in [-0.2, 0) is 19.2 Å². The van der Waals surface area contributed by atoms with Gasteiger partial charge in [0, 0.05) is 60.7 Å². The molecule has 2 aromatic carbocycles. The van der Waals surface area contributed by atoms with Gasteiger partial charge in [0.1, 0.15) is 11.2 Å². The number of aryl methyl sites for hydroxylation is 1. The number of fused-ring (bicyclic) bond motifs is 2. The monoisotopic (exact) mass is 1440 g/mol. The third kappa shape index (κ3) is 50.0. The Morgan fingerprint density at radius 2 is 0.466 bits per heavy atom. The van der Waals surface area contributed by atoms with Crippen molar-refractivity contribution < 1.29 is 47.0 Å². The van der Waals surface area contributed by atoms with Crippen LogP contribution in [0.25, 0.3) is 21.9 Å². The van der Waals surface area contributed by atoms with Crippen LogP contribution in [0.5, 0.6) is 23.0 Å². The summed E-state index contributed by atoms with van der Waals surface area (Å²) < 4.78 is 33.5. The SMILES string of the molecule is CCCCCCCCCCCCCCCCCC(=O)Oc1cc2ccc(=O)oc2cc1OC(=O)CCCCCCCCCCCCCCCCC.CCCCCCCCCCCCCCCCCC(=O)Oc1cc2oc(=O)cc(C)c2cc1OC(=O)CCCCCCCCCCCCCCCCC. The summed E-state index contributed by atoms with van der Waals surface area (Å²) in [4.78, 5) is 75.0. The molecule has 0 fully saturated rings. The van der Waals surface area contributed by atoms with Gasteiger partial charge in [0.05, 0.1) is 0 Å². The van der Waals surface area contributed by atoms with Crippen molar-refractivity contribution in [3.8, 4) is 23.0 Å². The molecule has 0 bridgehead atoms. The molecule has 0 unspecified atom stereocenters. The van der Waals surface area contributed by atoms with Crippen LogP contribution in [0.4, 0.5) is 0 Å². The van der Waals surface area contributed by atoms with Gasteiger partial charge in [-0.2, -0.15) is 0 Å². The molecule has 2 heterocycles. The largest absolute Gasteiger partial charge is 0.423 e. The maximum Gasteiger partial charge on any atom is 0.336 e. The second-order valence-electron chi connectivity index (χ2n) is 30.3. The molecule has 0 saturated carbocycles. The zero-order valence-corrected chi connectivity index (χ0v) is 66.7. The summed E-state index contributed by atoms with van der Waals surface area (Å²) in [5.41, 5.74) is 0.344. The predicted molar refractivity (Wildman–Crippen MR) is 430 cm³/mol. The van der Waals surface area contributed by atoms with E-state index in [0.717, 1.165) is 77.0 Å². The van der Waals surface area contributed by atoms with Crippen molar-refractivity contribution in [3.05, 3.63) is 68.9 Å². The zero-order chi connectivity index (χ0) is 74.1. The fourth-order valence-corrected chi connectivity index (χ4v) is 14.0. The van der Waals surface area contributed by atoms with Crippen molar-refractivity contribution in [1.82, 2.24) is 0 Å². The molecular weight excluding hydrogens is 1280 g/mol. The van der Waals surface area contributed by atoms with Crippen LogP contribution < -0.4 is 30.2 Å². The number of carbonyl (C=O) groups is 4. The maximum absolute atomic E-state index is 12.9. The summed E-state index contributed by atoms with van der Waals surface area (Å²) in [7, 11) is 0. The average molecular weight is 1440 g/mol. The van der Waals surface area contributed by atoms with Crippen LogP contribution >= 0.6 is 0 Å². The molecule has 586 valence electrons. The molecule has 0 spiro atoms. The minimum absolute atomic E-state index is 0.118. The smallest absolute Gasteiger partial charge is 0.336 e. The minimum atomic E-state index is -0.490. The zero-order valence-electron chi connectivity index (χ0n) is 66.7. The van der Waals surface area contributed by atoms with E-state index in [1.165, 1.54) is 332 Å². The molecule has 4 rings (SSSR count). The third-order valence-electron chi connectivity index (χ3n) is 20.5. The second-order valence-corrected chi connectivity index (χ2v) is 30.3. The summed E-state index contributed by atoms with van der Waals surface area (Å²) in [6, 6.07) is 10.6. The summed E-state index contributed by atoms with van der Waals surface area (Å²) in [5, 5.41) is 1.25. The Kier molecular flexibility index (Phi) is 58.1. The van der Waals surface area contributed by atoms with E-state index in [0.29, 0.717) is 53.2 Å². The number of rotatable bonds is 68. The molecule has 0 aliphatic heterocycles. The van der Waals surface area contributed by atoms with Crippen LogP contribution in [0.3, 0.4) is 0 Å². The molecule has 12 heteroatoms. The summed E-state index contributed by atoms with van der Waals surface area (Å²) in [5.74, 6) is -0.812. The Hall–Kier alpha value is -5.26. The number of carbonyl (C=O) groups excluding carboxylic acids is 4. The maximum atomic E-state index is 12.9. The van der Waals surface area contributed by atoms with Gasteiger partial charge in [-0.3, -0.25) is 19.2 Å². The van der Waals surface area contributed by atoms with Crippen molar-refractivity contribution >= 4 is 45.8 Å². The lowest BCUT2D eigenvalue weighted by Crippen LogP contribution is -2.12. The van der Waals surface area contributed by atoms with Crippen molar-refractivity contribution in [2.24, 2.45) is 0 Å². The van der Waals surface area contributed by atoms with E-state index in [1.807, 2.05) is 6.92 Å². The highest BCUT2D eigenvalue weighted by Gasteiger charge is 2.20. The molecule has 0 atom stereocenters. The van der Waals surface area contributed by atoms with Crippen LogP contribution in [0.15, 0.2) is 60.9 Å². The van der Waals surface area contributed by atoms with Crippen molar-refractivity contribution in [3.63, 3.8) is 0 Å². The van der Waals surface area contributed by atoms with Gasteiger partial charge in [0.25, 0.3) is 0 Å². The Morgan fingerprint density at radius 3 is 0.728 bits per heavy atom. The lowest BCUT2D eigenvalue weighted by Gasteiger charge is -2.12. The number of esters is 4. The minimum Gasteiger partial charge on any atom is -0.423 e. The quantitative estimate of drug-likeness (QED) is 0.0178.